The minimum atomic E-state index is 0.372. The number of rotatable bonds is 8. The number of hydrogen-bond acceptors (Lipinski definition) is 4. The summed E-state index contributed by atoms with van der Waals surface area (Å²) in [4.78, 5) is 0. The molecule has 1 heterocycles. The molecule has 1 unspecified atom stereocenters. The molecule has 0 aliphatic heterocycles. The van der Waals surface area contributed by atoms with Gasteiger partial charge >= 0.3 is 0 Å². The molecule has 5 heteroatoms. The van der Waals surface area contributed by atoms with E-state index in [-0.39, 0.29) is 0 Å². The number of nitrogens with one attached hydrogen (secondary N) is 1. The summed E-state index contributed by atoms with van der Waals surface area (Å²) in [6.45, 7) is 8.42. The Hall–Kier alpha value is -0.550. The summed E-state index contributed by atoms with van der Waals surface area (Å²) < 4.78 is 2.02. The normalized spacial score (nSPS) is 12.9. The third kappa shape index (κ3) is 3.79. The lowest BCUT2D eigenvalue weighted by molar-refractivity contribution is 0.501. The van der Waals surface area contributed by atoms with Gasteiger partial charge in [0.2, 0.25) is 0 Å². The quantitative estimate of drug-likeness (QED) is 0.758. The molecule has 0 amide bonds. The number of nitrogens with zero attached hydrogens (tertiary/aromatic N) is 3. The first kappa shape index (κ1) is 13.5. The Morgan fingerprint density at radius 1 is 1.44 bits per heavy atom. The Morgan fingerprint density at radius 3 is 2.88 bits per heavy atom. The summed E-state index contributed by atoms with van der Waals surface area (Å²) in [6, 6.07) is 0.372. The Bertz CT molecular complexity index is 287. The van der Waals surface area contributed by atoms with Crippen LogP contribution in [0.5, 0.6) is 0 Å². The molecular formula is C11H22N4S. The van der Waals surface area contributed by atoms with Crippen molar-refractivity contribution in [3.8, 4) is 0 Å². The van der Waals surface area contributed by atoms with Crippen LogP contribution in [0.2, 0.25) is 0 Å². The zero-order valence-corrected chi connectivity index (χ0v) is 11.3. The maximum atomic E-state index is 4.13. The van der Waals surface area contributed by atoms with E-state index in [1.165, 1.54) is 5.69 Å². The van der Waals surface area contributed by atoms with Crippen LogP contribution in [0, 0.1) is 0 Å². The van der Waals surface area contributed by atoms with Gasteiger partial charge in [-0.1, -0.05) is 26.0 Å². The molecule has 1 aromatic heterocycles. The molecule has 1 atom stereocenters. The molecule has 4 nitrogen and oxygen atoms in total. The monoisotopic (exact) mass is 242 g/mol. The Balaban J connectivity index is 2.70. The van der Waals surface area contributed by atoms with Crippen LogP contribution in [0.1, 0.15) is 38.9 Å². The second-order valence-electron chi connectivity index (χ2n) is 3.65. The van der Waals surface area contributed by atoms with Gasteiger partial charge in [-0.2, -0.15) is 11.8 Å². The van der Waals surface area contributed by atoms with E-state index in [0.717, 1.165) is 31.0 Å². The van der Waals surface area contributed by atoms with Crippen molar-refractivity contribution in [3.63, 3.8) is 0 Å². The highest BCUT2D eigenvalue weighted by Gasteiger charge is 2.15. The first-order valence-electron chi connectivity index (χ1n) is 6.02. The molecule has 0 radical (unpaired) electrons. The van der Waals surface area contributed by atoms with Gasteiger partial charge in [0, 0.05) is 12.3 Å². The lowest BCUT2D eigenvalue weighted by Crippen LogP contribution is -2.26. The molecule has 0 fully saturated rings. The van der Waals surface area contributed by atoms with Crippen molar-refractivity contribution in [1.82, 2.24) is 20.3 Å². The van der Waals surface area contributed by atoms with Gasteiger partial charge in [0.15, 0.2) is 0 Å². The molecule has 0 aromatic carbocycles. The topological polar surface area (TPSA) is 42.7 Å². The van der Waals surface area contributed by atoms with E-state index in [4.69, 9.17) is 0 Å². The van der Waals surface area contributed by atoms with Crippen molar-refractivity contribution in [3.05, 3.63) is 11.9 Å². The fourth-order valence-electron chi connectivity index (χ4n) is 1.65. The van der Waals surface area contributed by atoms with Gasteiger partial charge in [-0.3, -0.25) is 0 Å². The highest BCUT2D eigenvalue weighted by atomic mass is 32.2. The molecule has 0 aliphatic rings. The summed E-state index contributed by atoms with van der Waals surface area (Å²) in [5.74, 6) is 2.23. The number of aryl methyl sites for hydroxylation is 1. The Labute approximate surface area is 102 Å². The van der Waals surface area contributed by atoms with Gasteiger partial charge < -0.3 is 5.32 Å². The smallest absolute Gasteiger partial charge is 0.0764 e. The van der Waals surface area contributed by atoms with Gasteiger partial charge in [-0.05, 0) is 18.7 Å². The summed E-state index contributed by atoms with van der Waals surface area (Å²) in [5, 5.41) is 11.6. The van der Waals surface area contributed by atoms with E-state index in [0.29, 0.717) is 6.04 Å². The lowest BCUT2D eigenvalue weighted by Gasteiger charge is -2.17. The van der Waals surface area contributed by atoms with Crippen molar-refractivity contribution in [2.75, 3.05) is 18.1 Å². The third-order valence-electron chi connectivity index (χ3n) is 2.38. The minimum Gasteiger partial charge on any atom is -0.308 e. The number of aromatic nitrogens is 3. The summed E-state index contributed by atoms with van der Waals surface area (Å²) >= 11 is 1.95. The van der Waals surface area contributed by atoms with Crippen molar-refractivity contribution >= 4 is 11.8 Å². The van der Waals surface area contributed by atoms with Crippen LogP contribution in [0.4, 0.5) is 0 Å². The van der Waals surface area contributed by atoms with Crippen LogP contribution in [-0.2, 0) is 6.54 Å². The number of thioether (sulfide) groups is 1. The minimum absolute atomic E-state index is 0.372. The van der Waals surface area contributed by atoms with Gasteiger partial charge in [-0.25, -0.2) is 4.68 Å². The Morgan fingerprint density at radius 2 is 2.25 bits per heavy atom. The molecule has 92 valence electrons. The summed E-state index contributed by atoms with van der Waals surface area (Å²) in [5.41, 5.74) is 1.21. The first-order chi connectivity index (χ1) is 7.83. The maximum absolute atomic E-state index is 4.13. The van der Waals surface area contributed by atoms with Crippen LogP contribution in [-0.4, -0.2) is 33.0 Å². The summed E-state index contributed by atoms with van der Waals surface area (Å²) in [6.07, 6.45) is 2.98. The predicted octanol–water partition coefficient (Wildman–Crippen LogP) is 2.09. The second-order valence-corrected chi connectivity index (χ2v) is 4.97. The largest absolute Gasteiger partial charge is 0.308 e. The fourth-order valence-corrected chi connectivity index (χ4v) is 2.41. The van der Waals surface area contributed by atoms with E-state index in [9.17, 15) is 0 Å². The second kappa shape index (κ2) is 7.68. The van der Waals surface area contributed by atoms with E-state index in [1.54, 1.807) is 0 Å². The van der Waals surface area contributed by atoms with Crippen molar-refractivity contribution < 1.29 is 0 Å². The molecule has 0 spiro atoms. The van der Waals surface area contributed by atoms with Gasteiger partial charge in [0.25, 0.3) is 0 Å². The van der Waals surface area contributed by atoms with Crippen LogP contribution >= 0.6 is 11.8 Å². The maximum Gasteiger partial charge on any atom is 0.0764 e. The average molecular weight is 242 g/mol. The van der Waals surface area contributed by atoms with Crippen LogP contribution in [0.25, 0.3) is 0 Å². The van der Waals surface area contributed by atoms with Crippen LogP contribution in [0.15, 0.2) is 6.20 Å². The van der Waals surface area contributed by atoms with Crippen LogP contribution < -0.4 is 5.32 Å². The third-order valence-corrected chi connectivity index (χ3v) is 3.36. The molecule has 0 saturated carbocycles. The van der Waals surface area contributed by atoms with Gasteiger partial charge in [0.1, 0.15) is 0 Å². The van der Waals surface area contributed by atoms with Crippen molar-refractivity contribution in [2.24, 2.45) is 0 Å². The van der Waals surface area contributed by atoms with Gasteiger partial charge in [0.05, 0.1) is 17.9 Å². The van der Waals surface area contributed by atoms with E-state index < -0.39 is 0 Å². The molecule has 1 rings (SSSR count). The van der Waals surface area contributed by atoms with E-state index >= 15 is 0 Å². The Kier molecular flexibility index (Phi) is 6.49. The lowest BCUT2D eigenvalue weighted by atomic mass is 10.2. The SMILES string of the molecule is CCCn1nncc1C(CSCC)NCC. The predicted molar refractivity (Wildman–Crippen MR) is 69.7 cm³/mol. The van der Waals surface area contributed by atoms with Crippen molar-refractivity contribution in [2.45, 2.75) is 39.8 Å². The summed E-state index contributed by atoms with van der Waals surface area (Å²) in [7, 11) is 0. The molecular weight excluding hydrogens is 220 g/mol. The number of hydrogen-bond donors (Lipinski definition) is 1. The fraction of sp³-hybridized carbons (Fsp3) is 0.818. The zero-order valence-electron chi connectivity index (χ0n) is 10.4. The molecule has 0 aliphatic carbocycles. The molecule has 1 aromatic rings. The highest BCUT2D eigenvalue weighted by molar-refractivity contribution is 7.99. The average Bonchev–Trinajstić information content (AvgIpc) is 2.73. The molecule has 16 heavy (non-hydrogen) atoms. The van der Waals surface area contributed by atoms with E-state index in [2.05, 4.69) is 36.4 Å². The zero-order chi connectivity index (χ0) is 11.8. The van der Waals surface area contributed by atoms with Crippen LogP contribution in [0.3, 0.4) is 0 Å². The molecule has 0 saturated heterocycles. The van der Waals surface area contributed by atoms with Gasteiger partial charge in [-0.15, -0.1) is 5.10 Å². The molecule has 0 bridgehead atoms. The van der Waals surface area contributed by atoms with Crippen molar-refractivity contribution in [1.29, 1.82) is 0 Å². The standard InChI is InChI=1S/C11H22N4S/c1-4-7-15-11(8-13-14-15)10(12-5-2)9-16-6-3/h8,10,12H,4-7,9H2,1-3H3. The first-order valence-corrected chi connectivity index (χ1v) is 7.18. The highest BCUT2D eigenvalue weighted by Crippen LogP contribution is 2.17. The van der Waals surface area contributed by atoms with E-state index in [1.807, 2.05) is 22.6 Å². The molecule has 1 N–H and O–H groups in total.